The third-order valence-corrected chi connectivity index (χ3v) is 5.92. The molecule has 4 nitrogen and oxygen atoms in total. The predicted molar refractivity (Wildman–Crippen MR) is 82.6 cm³/mol. The Labute approximate surface area is 122 Å². The Morgan fingerprint density at radius 3 is 2.65 bits per heavy atom. The summed E-state index contributed by atoms with van der Waals surface area (Å²) in [7, 11) is -2.91. The van der Waals surface area contributed by atoms with Gasteiger partial charge in [-0.3, -0.25) is 4.90 Å². The Balaban J connectivity index is 2.17. The molecule has 0 aliphatic carbocycles. The van der Waals surface area contributed by atoms with Crippen molar-refractivity contribution < 1.29 is 8.42 Å². The second-order valence-electron chi connectivity index (χ2n) is 5.54. The summed E-state index contributed by atoms with van der Waals surface area (Å²) in [6.45, 7) is 7.14. The van der Waals surface area contributed by atoms with Gasteiger partial charge in [0.15, 0.2) is 9.84 Å². The zero-order valence-corrected chi connectivity index (χ0v) is 13.1. The van der Waals surface area contributed by atoms with Crippen LogP contribution in [0.3, 0.4) is 0 Å². The van der Waals surface area contributed by atoms with E-state index in [4.69, 9.17) is 0 Å². The predicted octanol–water partition coefficient (Wildman–Crippen LogP) is 1.24. The maximum Gasteiger partial charge on any atom is 0.151 e. The van der Waals surface area contributed by atoms with Crippen molar-refractivity contribution >= 4 is 9.84 Å². The van der Waals surface area contributed by atoms with Gasteiger partial charge in [-0.25, -0.2) is 8.42 Å². The number of piperazine rings is 1. The summed E-state index contributed by atoms with van der Waals surface area (Å²) in [6, 6.07) is 10.3. The maximum absolute atomic E-state index is 11.7. The van der Waals surface area contributed by atoms with E-state index in [1.54, 1.807) is 6.92 Å². The Morgan fingerprint density at radius 1 is 1.30 bits per heavy atom. The normalized spacial score (nSPS) is 24.7. The van der Waals surface area contributed by atoms with Gasteiger partial charge in [-0.05, 0) is 12.5 Å². The summed E-state index contributed by atoms with van der Waals surface area (Å²) < 4.78 is 23.5. The lowest BCUT2D eigenvalue weighted by Gasteiger charge is -2.45. The SMILES string of the molecule is CCS(=O)(=O)CCN1CCNCC1(C)c1ccccc1. The average Bonchev–Trinajstić information content (AvgIpc) is 2.47. The van der Waals surface area contributed by atoms with Gasteiger partial charge in [0, 0.05) is 31.9 Å². The van der Waals surface area contributed by atoms with Crippen molar-refractivity contribution in [3.63, 3.8) is 0 Å². The molecule has 20 heavy (non-hydrogen) atoms. The van der Waals surface area contributed by atoms with Crippen LogP contribution >= 0.6 is 0 Å². The fourth-order valence-electron chi connectivity index (χ4n) is 2.74. The number of rotatable bonds is 5. The molecule has 1 atom stereocenters. The van der Waals surface area contributed by atoms with Crippen LogP contribution in [0.1, 0.15) is 19.4 Å². The Bertz CT molecular complexity index is 530. The van der Waals surface area contributed by atoms with Crippen LogP contribution in [0.25, 0.3) is 0 Å². The standard InChI is InChI=1S/C15H24N2O2S/c1-3-20(18,19)12-11-17-10-9-16-13-15(17,2)14-7-5-4-6-8-14/h4-8,16H,3,9-13H2,1-2H3. The van der Waals surface area contributed by atoms with Crippen LogP contribution in [-0.2, 0) is 15.4 Å². The minimum absolute atomic E-state index is 0.136. The van der Waals surface area contributed by atoms with Crippen LogP contribution in [0.2, 0.25) is 0 Å². The number of nitrogens with zero attached hydrogens (tertiary/aromatic N) is 1. The summed E-state index contributed by atoms with van der Waals surface area (Å²) in [5, 5.41) is 3.42. The van der Waals surface area contributed by atoms with Gasteiger partial charge >= 0.3 is 0 Å². The van der Waals surface area contributed by atoms with E-state index >= 15 is 0 Å². The van der Waals surface area contributed by atoms with E-state index in [9.17, 15) is 8.42 Å². The molecule has 1 aliphatic rings. The van der Waals surface area contributed by atoms with E-state index in [2.05, 4.69) is 29.3 Å². The fraction of sp³-hybridized carbons (Fsp3) is 0.600. The van der Waals surface area contributed by atoms with E-state index < -0.39 is 9.84 Å². The third kappa shape index (κ3) is 3.40. The highest BCUT2D eigenvalue weighted by Crippen LogP contribution is 2.29. The van der Waals surface area contributed by atoms with Crippen LogP contribution in [0.5, 0.6) is 0 Å². The molecule has 0 aromatic heterocycles. The lowest BCUT2D eigenvalue weighted by molar-refractivity contribution is 0.0800. The molecule has 1 unspecified atom stereocenters. The first-order chi connectivity index (χ1) is 9.48. The van der Waals surface area contributed by atoms with E-state index in [-0.39, 0.29) is 17.0 Å². The summed E-state index contributed by atoms with van der Waals surface area (Å²) >= 11 is 0. The molecule has 1 fully saturated rings. The van der Waals surface area contributed by atoms with Gasteiger partial charge in [0.1, 0.15) is 0 Å². The molecule has 0 radical (unpaired) electrons. The topological polar surface area (TPSA) is 49.4 Å². The zero-order valence-electron chi connectivity index (χ0n) is 12.3. The summed E-state index contributed by atoms with van der Waals surface area (Å²) in [4.78, 5) is 2.30. The van der Waals surface area contributed by atoms with Gasteiger partial charge < -0.3 is 5.32 Å². The first kappa shape index (κ1) is 15.5. The van der Waals surface area contributed by atoms with E-state index in [0.717, 1.165) is 19.6 Å². The van der Waals surface area contributed by atoms with E-state index in [1.807, 2.05) is 18.2 Å². The van der Waals surface area contributed by atoms with Gasteiger partial charge in [-0.2, -0.15) is 0 Å². The highest BCUT2D eigenvalue weighted by molar-refractivity contribution is 7.91. The molecule has 0 amide bonds. The van der Waals surface area contributed by atoms with Gasteiger partial charge in [-0.1, -0.05) is 37.3 Å². The number of hydrogen-bond donors (Lipinski definition) is 1. The number of nitrogens with one attached hydrogen (secondary N) is 1. The molecule has 1 heterocycles. The molecule has 1 saturated heterocycles. The molecule has 1 aromatic rings. The second kappa shape index (κ2) is 6.24. The molecule has 0 spiro atoms. The highest BCUT2D eigenvalue weighted by Gasteiger charge is 2.36. The van der Waals surface area contributed by atoms with Crippen molar-refractivity contribution in [2.75, 3.05) is 37.7 Å². The van der Waals surface area contributed by atoms with Crippen LogP contribution in [-0.4, -0.2) is 51.0 Å². The average molecular weight is 296 g/mol. The molecule has 0 saturated carbocycles. The molecular formula is C15H24N2O2S. The number of sulfone groups is 1. The van der Waals surface area contributed by atoms with E-state index in [1.165, 1.54) is 5.56 Å². The van der Waals surface area contributed by atoms with Crippen molar-refractivity contribution in [3.8, 4) is 0 Å². The minimum atomic E-state index is -2.91. The van der Waals surface area contributed by atoms with Crippen LogP contribution in [0.15, 0.2) is 30.3 Å². The largest absolute Gasteiger partial charge is 0.313 e. The summed E-state index contributed by atoms with van der Waals surface area (Å²) in [5.41, 5.74) is 1.10. The smallest absolute Gasteiger partial charge is 0.151 e. The molecule has 5 heteroatoms. The monoisotopic (exact) mass is 296 g/mol. The van der Waals surface area contributed by atoms with Crippen molar-refractivity contribution in [3.05, 3.63) is 35.9 Å². The van der Waals surface area contributed by atoms with Gasteiger partial charge in [-0.15, -0.1) is 0 Å². The molecule has 1 aromatic carbocycles. The Kier molecular flexibility index (Phi) is 4.83. The van der Waals surface area contributed by atoms with Crippen molar-refractivity contribution in [2.45, 2.75) is 19.4 Å². The minimum Gasteiger partial charge on any atom is -0.313 e. The first-order valence-corrected chi connectivity index (χ1v) is 9.02. The Morgan fingerprint density at radius 2 is 2.00 bits per heavy atom. The maximum atomic E-state index is 11.7. The summed E-state index contributed by atoms with van der Waals surface area (Å²) in [5.74, 6) is 0.465. The lowest BCUT2D eigenvalue weighted by Crippen LogP contribution is -2.58. The fourth-order valence-corrected chi connectivity index (χ4v) is 3.53. The van der Waals surface area contributed by atoms with Gasteiger partial charge in [0.2, 0.25) is 0 Å². The molecule has 2 rings (SSSR count). The number of hydrogen-bond acceptors (Lipinski definition) is 4. The first-order valence-electron chi connectivity index (χ1n) is 7.20. The van der Waals surface area contributed by atoms with E-state index in [0.29, 0.717) is 6.54 Å². The summed E-state index contributed by atoms with van der Waals surface area (Å²) in [6.07, 6.45) is 0. The molecule has 1 N–H and O–H groups in total. The van der Waals surface area contributed by atoms with Crippen molar-refractivity contribution in [1.82, 2.24) is 10.2 Å². The van der Waals surface area contributed by atoms with Gasteiger partial charge in [0.25, 0.3) is 0 Å². The van der Waals surface area contributed by atoms with Crippen molar-refractivity contribution in [1.29, 1.82) is 0 Å². The molecule has 1 aliphatic heterocycles. The van der Waals surface area contributed by atoms with Crippen LogP contribution < -0.4 is 5.32 Å². The van der Waals surface area contributed by atoms with Gasteiger partial charge in [0.05, 0.1) is 11.3 Å². The quantitative estimate of drug-likeness (QED) is 0.888. The molecule has 0 bridgehead atoms. The molecular weight excluding hydrogens is 272 g/mol. The number of benzene rings is 1. The highest BCUT2D eigenvalue weighted by atomic mass is 32.2. The van der Waals surface area contributed by atoms with Crippen LogP contribution in [0, 0.1) is 0 Å². The van der Waals surface area contributed by atoms with Crippen LogP contribution in [0.4, 0.5) is 0 Å². The Hall–Kier alpha value is -0.910. The third-order valence-electron chi connectivity index (χ3n) is 4.23. The zero-order chi connectivity index (χ0) is 14.6. The lowest BCUT2D eigenvalue weighted by atomic mass is 9.88. The second-order valence-corrected chi connectivity index (χ2v) is 8.01. The molecule has 112 valence electrons. The van der Waals surface area contributed by atoms with Crippen molar-refractivity contribution in [2.24, 2.45) is 0 Å².